The molecule has 3 N–H and O–H groups in total. The van der Waals surface area contributed by atoms with Crippen molar-refractivity contribution in [3.63, 3.8) is 0 Å². The van der Waals surface area contributed by atoms with Gasteiger partial charge in [-0.2, -0.15) is 0 Å². The Morgan fingerprint density at radius 1 is 1.15 bits per heavy atom. The van der Waals surface area contributed by atoms with Crippen molar-refractivity contribution < 1.29 is 5.11 Å². The fourth-order valence-electron chi connectivity index (χ4n) is 3.10. The molecule has 0 saturated heterocycles. The van der Waals surface area contributed by atoms with Crippen molar-refractivity contribution in [2.24, 2.45) is 4.99 Å². The summed E-state index contributed by atoms with van der Waals surface area (Å²) in [5, 5.41) is 18.2. The van der Waals surface area contributed by atoms with E-state index in [-0.39, 0.29) is 24.0 Å². The predicted octanol–water partition coefficient (Wildman–Crippen LogP) is 3.84. The standard InChI is InChI=1S/C20H32N4OS.HI/c1-14(2)24(15(3)4)11-10-22-20(21-5)23-13-17(25)19-12-16-8-6-7-9-18(16)26-19;/h6-9,12,14-15,17,25H,10-11,13H2,1-5H3,(H2,21,22,23);1H. The Balaban J connectivity index is 0.00000364. The van der Waals surface area contributed by atoms with E-state index in [9.17, 15) is 5.11 Å². The Morgan fingerprint density at radius 3 is 2.41 bits per heavy atom. The first kappa shape index (κ1) is 24.1. The number of hydrogen-bond acceptors (Lipinski definition) is 4. The summed E-state index contributed by atoms with van der Waals surface area (Å²) in [5.41, 5.74) is 0. The van der Waals surface area contributed by atoms with Gasteiger partial charge in [0, 0.05) is 48.3 Å². The van der Waals surface area contributed by atoms with E-state index in [1.165, 1.54) is 10.1 Å². The lowest BCUT2D eigenvalue weighted by molar-refractivity contribution is 0.177. The third-order valence-electron chi connectivity index (χ3n) is 4.45. The fraction of sp³-hybridized carbons (Fsp3) is 0.550. The van der Waals surface area contributed by atoms with E-state index >= 15 is 0 Å². The molecule has 2 aromatic rings. The average molecular weight is 504 g/mol. The Hall–Kier alpha value is -0.900. The summed E-state index contributed by atoms with van der Waals surface area (Å²) >= 11 is 1.64. The van der Waals surface area contributed by atoms with Crippen LogP contribution in [0.1, 0.15) is 38.7 Å². The minimum absolute atomic E-state index is 0. The van der Waals surface area contributed by atoms with E-state index in [0.717, 1.165) is 23.9 Å². The largest absolute Gasteiger partial charge is 0.386 e. The molecule has 0 fully saturated rings. The molecule has 1 aromatic carbocycles. The molecule has 0 spiro atoms. The van der Waals surface area contributed by atoms with Crippen LogP contribution in [0.15, 0.2) is 35.3 Å². The van der Waals surface area contributed by atoms with Gasteiger partial charge in [-0.3, -0.25) is 9.89 Å². The van der Waals surface area contributed by atoms with Crippen molar-refractivity contribution >= 4 is 51.4 Å². The summed E-state index contributed by atoms with van der Waals surface area (Å²) in [6, 6.07) is 11.3. The second kappa shape index (κ2) is 11.8. The van der Waals surface area contributed by atoms with Gasteiger partial charge in [0.1, 0.15) is 6.10 Å². The van der Waals surface area contributed by atoms with E-state index in [0.29, 0.717) is 18.6 Å². The molecule has 0 radical (unpaired) electrons. The summed E-state index contributed by atoms with van der Waals surface area (Å²) in [6.45, 7) is 11.1. The normalized spacial score (nSPS) is 13.3. The predicted molar refractivity (Wildman–Crippen MR) is 129 cm³/mol. The number of aliphatic hydroxyl groups excluding tert-OH is 1. The van der Waals surface area contributed by atoms with Crippen LogP contribution < -0.4 is 10.6 Å². The lowest BCUT2D eigenvalue weighted by Crippen LogP contribution is -2.45. The molecule has 5 nitrogen and oxygen atoms in total. The lowest BCUT2D eigenvalue weighted by atomic mass is 10.2. The number of fused-ring (bicyclic) bond motifs is 1. The molecule has 7 heteroatoms. The molecule has 0 saturated carbocycles. The van der Waals surface area contributed by atoms with Gasteiger partial charge in [0.25, 0.3) is 0 Å². The van der Waals surface area contributed by atoms with E-state index in [1.54, 1.807) is 18.4 Å². The number of benzene rings is 1. The molecular weight excluding hydrogens is 471 g/mol. The summed E-state index contributed by atoms with van der Waals surface area (Å²) in [6.07, 6.45) is -0.547. The van der Waals surface area contributed by atoms with Crippen molar-refractivity contribution in [3.8, 4) is 0 Å². The molecule has 2 rings (SSSR count). The zero-order valence-electron chi connectivity index (χ0n) is 16.9. The first-order valence-electron chi connectivity index (χ1n) is 9.29. The zero-order chi connectivity index (χ0) is 19.1. The van der Waals surface area contributed by atoms with Crippen LogP contribution in [0.5, 0.6) is 0 Å². The smallest absolute Gasteiger partial charge is 0.191 e. The molecule has 1 aromatic heterocycles. The van der Waals surface area contributed by atoms with Crippen LogP contribution in [0.2, 0.25) is 0 Å². The third kappa shape index (κ3) is 7.21. The maximum atomic E-state index is 10.5. The van der Waals surface area contributed by atoms with Crippen LogP contribution >= 0.6 is 35.3 Å². The minimum atomic E-state index is -0.547. The van der Waals surface area contributed by atoms with Crippen LogP contribution in [0.25, 0.3) is 10.1 Å². The highest BCUT2D eigenvalue weighted by Gasteiger charge is 2.14. The Kier molecular flexibility index (Phi) is 10.6. The Labute approximate surface area is 184 Å². The average Bonchev–Trinajstić information content (AvgIpc) is 3.04. The van der Waals surface area contributed by atoms with Gasteiger partial charge in [-0.25, -0.2) is 0 Å². The minimum Gasteiger partial charge on any atom is -0.386 e. The van der Waals surface area contributed by atoms with Crippen LogP contribution in [0, 0.1) is 0 Å². The number of rotatable bonds is 8. The summed E-state index contributed by atoms with van der Waals surface area (Å²) in [4.78, 5) is 7.66. The SMILES string of the molecule is CN=C(NCCN(C(C)C)C(C)C)NCC(O)c1cc2ccccc2s1.I. The van der Waals surface area contributed by atoms with Crippen molar-refractivity contribution in [1.29, 1.82) is 0 Å². The fourth-order valence-corrected chi connectivity index (χ4v) is 4.15. The topological polar surface area (TPSA) is 59.9 Å². The summed E-state index contributed by atoms with van der Waals surface area (Å²) in [5.74, 6) is 0.720. The maximum absolute atomic E-state index is 10.5. The molecule has 0 amide bonds. The van der Waals surface area contributed by atoms with E-state index < -0.39 is 6.10 Å². The highest BCUT2D eigenvalue weighted by atomic mass is 127. The molecule has 152 valence electrons. The van der Waals surface area contributed by atoms with Crippen molar-refractivity contribution in [1.82, 2.24) is 15.5 Å². The number of nitrogens with one attached hydrogen (secondary N) is 2. The first-order valence-corrected chi connectivity index (χ1v) is 10.1. The molecule has 0 aliphatic carbocycles. The van der Waals surface area contributed by atoms with Gasteiger partial charge in [-0.1, -0.05) is 18.2 Å². The van der Waals surface area contributed by atoms with Gasteiger partial charge in [0.15, 0.2) is 5.96 Å². The summed E-state index contributed by atoms with van der Waals surface area (Å²) < 4.78 is 1.20. The quantitative estimate of drug-likeness (QED) is 0.291. The number of halogens is 1. The highest BCUT2D eigenvalue weighted by molar-refractivity contribution is 14.0. The van der Waals surface area contributed by atoms with Crippen molar-refractivity contribution in [2.75, 3.05) is 26.7 Å². The van der Waals surface area contributed by atoms with Crippen molar-refractivity contribution in [2.45, 2.75) is 45.9 Å². The second-order valence-corrected chi connectivity index (χ2v) is 8.12. The molecule has 1 unspecified atom stereocenters. The van der Waals surface area contributed by atoms with E-state index in [4.69, 9.17) is 0 Å². The molecule has 0 bridgehead atoms. The van der Waals surface area contributed by atoms with Crippen molar-refractivity contribution in [3.05, 3.63) is 35.2 Å². The second-order valence-electron chi connectivity index (χ2n) is 7.01. The number of guanidine groups is 1. The lowest BCUT2D eigenvalue weighted by Gasteiger charge is -2.30. The van der Waals surface area contributed by atoms with Gasteiger partial charge in [-0.05, 0) is 45.2 Å². The van der Waals surface area contributed by atoms with Gasteiger partial charge in [0.05, 0.1) is 0 Å². The van der Waals surface area contributed by atoms with Crippen LogP contribution in [0.3, 0.4) is 0 Å². The number of thiophene rings is 1. The molecule has 1 atom stereocenters. The maximum Gasteiger partial charge on any atom is 0.191 e. The van der Waals surface area contributed by atoms with Crippen LogP contribution in [-0.4, -0.2) is 54.7 Å². The zero-order valence-corrected chi connectivity index (χ0v) is 20.0. The molecule has 0 aliphatic rings. The molecular formula is C20H33IN4OS. The number of aliphatic imine (C=N–C) groups is 1. The first-order chi connectivity index (χ1) is 12.4. The molecule has 27 heavy (non-hydrogen) atoms. The van der Waals surface area contributed by atoms with E-state index in [2.05, 4.69) is 66.4 Å². The van der Waals surface area contributed by atoms with E-state index in [1.807, 2.05) is 12.1 Å². The highest BCUT2D eigenvalue weighted by Crippen LogP contribution is 2.29. The number of nitrogens with zero attached hydrogens (tertiary/aromatic N) is 2. The Bertz CT molecular complexity index is 676. The van der Waals surface area contributed by atoms with Crippen LogP contribution in [-0.2, 0) is 0 Å². The van der Waals surface area contributed by atoms with Gasteiger partial charge >= 0.3 is 0 Å². The number of hydrogen-bond donors (Lipinski definition) is 3. The monoisotopic (exact) mass is 504 g/mol. The molecule has 1 heterocycles. The van der Waals surface area contributed by atoms with Gasteiger partial charge in [-0.15, -0.1) is 35.3 Å². The van der Waals surface area contributed by atoms with Gasteiger partial charge < -0.3 is 15.7 Å². The Morgan fingerprint density at radius 2 is 1.81 bits per heavy atom. The number of aliphatic hydroxyl groups is 1. The van der Waals surface area contributed by atoms with Crippen LogP contribution in [0.4, 0.5) is 0 Å². The summed E-state index contributed by atoms with van der Waals surface area (Å²) in [7, 11) is 1.75. The van der Waals surface area contributed by atoms with Gasteiger partial charge in [0.2, 0.25) is 0 Å². The molecule has 0 aliphatic heterocycles. The third-order valence-corrected chi connectivity index (χ3v) is 5.67.